The van der Waals surface area contributed by atoms with Gasteiger partial charge in [-0.25, -0.2) is 5.32 Å². The summed E-state index contributed by atoms with van der Waals surface area (Å²) in [5.74, 6) is 0. The maximum absolute atomic E-state index is 6.09. The molecule has 1 fully saturated rings. The molecule has 3 heterocycles. The van der Waals surface area contributed by atoms with E-state index in [-0.39, 0.29) is 11.8 Å². The summed E-state index contributed by atoms with van der Waals surface area (Å²) in [4.78, 5) is 11.5. The Labute approximate surface area is 219 Å². The van der Waals surface area contributed by atoms with E-state index in [1.54, 1.807) is 11.8 Å². The number of rotatable bonds is 9. The summed E-state index contributed by atoms with van der Waals surface area (Å²) in [6, 6.07) is 26.0. The van der Waals surface area contributed by atoms with Gasteiger partial charge in [-0.1, -0.05) is 72.4 Å². The van der Waals surface area contributed by atoms with Crippen LogP contribution in [0.2, 0.25) is 0 Å². The van der Waals surface area contributed by atoms with Gasteiger partial charge in [-0.05, 0) is 35.1 Å². The maximum atomic E-state index is 6.09. The number of hydrogen-bond acceptors (Lipinski definition) is 7. The number of methoxy groups -OCH3 is 1. The molecule has 1 aromatic heterocycles. The van der Waals surface area contributed by atoms with Gasteiger partial charge in [-0.15, -0.1) is 0 Å². The van der Waals surface area contributed by atoms with Crippen molar-refractivity contribution in [2.75, 3.05) is 33.8 Å². The van der Waals surface area contributed by atoms with Crippen molar-refractivity contribution in [3.05, 3.63) is 107 Å². The third-order valence-electron chi connectivity index (χ3n) is 7.00. The molecule has 0 spiro atoms. The highest BCUT2D eigenvalue weighted by Crippen LogP contribution is 2.34. The van der Waals surface area contributed by atoms with Crippen LogP contribution in [0, 0.1) is 0 Å². The van der Waals surface area contributed by atoms with Crippen molar-refractivity contribution in [2.45, 2.75) is 30.9 Å². The molecule has 188 valence electrons. The van der Waals surface area contributed by atoms with Crippen molar-refractivity contribution >= 4 is 17.5 Å². The monoisotopic (exact) mass is 501 g/mol. The molecular formula is C29H35N5OS. The van der Waals surface area contributed by atoms with Crippen LogP contribution in [-0.2, 0) is 17.7 Å². The summed E-state index contributed by atoms with van der Waals surface area (Å²) in [5.41, 5.74) is 5.19. The lowest BCUT2D eigenvalue weighted by Crippen LogP contribution is -2.62. The van der Waals surface area contributed by atoms with Crippen LogP contribution in [0.25, 0.3) is 5.70 Å². The SMILES string of the molecule is COC(NC1SC=C(c2ccncc2)N1C)N1CCN(Cc2ccccc2)C[C@@H]1Cc1ccccc1. The summed E-state index contributed by atoms with van der Waals surface area (Å²) in [7, 11) is 3.94. The third-order valence-corrected chi connectivity index (χ3v) is 8.07. The number of ether oxygens (including phenoxy) is 1. The Balaban J connectivity index is 1.29. The zero-order valence-electron chi connectivity index (χ0n) is 21.0. The number of aromatic nitrogens is 1. The number of piperazine rings is 1. The normalized spacial score (nSPS) is 21.9. The van der Waals surface area contributed by atoms with E-state index in [4.69, 9.17) is 4.74 Å². The average molecular weight is 502 g/mol. The molecule has 3 aromatic rings. The van der Waals surface area contributed by atoms with Crippen molar-refractivity contribution in [3.8, 4) is 0 Å². The molecule has 2 aliphatic rings. The van der Waals surface area contributed by atoms with E-state index in [9.17, 15) is 0 Å². The molecule has 3 atom stereocenters. The minimum absolute atomic E-state index is 0.0952. The van der Waals surface area contributed by atoms with Gasteiger partial charge in [0.1, 0.15) is 5.50 Å². The van der Waals surface area contributed by atoms with E-state index in [0.717, 1.165) is 32.6 Å². The summed E-state index contributed by atoms with van der Waals surface area (Å²) >= 11 is 1.78. The lowest BCUT2D eigenvalue weighted by molar-refractivity contribution is -0.105. The zero-order valence-corrected chi connectivity index (χ0v) is 21.8. The smallest absolute Gasteiger partial charge is 0.168 e. The molecule has 0 bridgehead atoms. The number of thioether (sulfide) groups is 1. The van der Waals surface area contributed by atoms with Gasteiger partial charge in [0, 0.05) is 64.3 Å². The molecule has 5 rings (SSSR count). The summed E-state index contributed by atoms with van der Waals surface area (Å²) in [6.45, 7) is 3.93. The minimum atomic E-state index is -0.178. The first-order chi connectivity index (χ1) is 17.7. The fourth-order valence-electron chi connectivity index (χ4n) is 5.09. The van der Waals surface area contributed by atoms with Crippen LogP contribution in [0.4, 0.5) is 0 Å². The Bertz CT molecular complexity index is 1110. The van der Waals surface area contributed by atoms with Gasteiger partial charge < -0.3 is 9.64 Å². The van der Waals surface area contributed by atoms with Gasteiger partial charge in [0.15, 0.2) is 6.35 Å². The van der Waals surface area contributed by atoms with Crippen LogP contribution >= 0.6 is 11.8 Å². The van der Waals surface area contributed by atoms with Gasteiger partial charge in [-0.2, -0.15) is 0 Å². The molecule has 1 saturated heterocycles. The Morgan fingerprint density at radius 3 is 2.36 bits per heavy atom. The predicted molar refractivity (Wildman–Crippen MR) is 148 cm³/mol. The van der Waals surface area contributed by atoms with E-state index in [2.05, 4.69) is 110 Å². The molecule has 0 radical (unpaired) electrons. The van der Waals surface area contributed by atoms with Gasteiger partial charge >= 0.3 is 0 Å². The Morgan fingerprint density at radius 1 is 0.972 bits per heavy atom. The highest BCUT2D eigenvalue weighted by molar-refractivity contribution is 8.03. The molecule has 0 aliphatic carbocycles. The van der Waals surface area contributed by atoms with Crippen molar-refractivity contribution in [1.29, 1.82) is 0 Å². The van der Waals surface area contributed by atoms with Crippen molar-refractivity contribution in [2.24, 2.45) is 0 Å². The van der Waals surface area contributed by atoms with Crippen molar-refractivity contribution in [1.82, 2.24) is 25.0 Å². The average Bonchev–Trinajstić information content (AvgIpc) is 3.29. The summed E-state index contributed by atoms with van der Waals surface area (Å²) in [5, 5.41) is 5.99. The van der Waals surface area contributed by atoms with Crippen molar-refractivity contribution in [3.63, 3.8) is 0 Å². The molecule has 1 N–H and O–H groups in total. The number of hydrogen-bond donors (Lipinski definition) is 1. The molecule has 0 amide bonds. The van der Waals surface area contributed by atoms with E-state index < -0.39 is 0 Å². The van der Waals surface area contributed by atoms with E-state index in [1.165, 1.54) is 22.4 Å². The summed E-state index contributed by atoms with van der Waals surface area (Å²) in [6.07, 6.45) is 4.50. The maximum Gasteiger partial charge on any atom is 0.168 e. The van der Waals surface area contributed by atoms with Crippen LogP contribution in [0.1, 0.15) is 16.7 Å². The first-order valence-corrected chi connectivity index (χ1v) is 13.5. The molecule has 2 unspecified atom stereocenters. The molecule has 6 nitrogen and oxygen atoms in total. The van der Waals surface area contributed by atoms with E-state index >= 15 is 0 Å². The van der Waals surface area contributed by atoms with Gasteiger partial charge in [0.05, 0.1) is 5.70 Å². The zero-order chi connectivity index (χ0) is 24.7. The second-order valence-electron chi connectivity index (χ2n) is 9.40. The molecule has 36 heavy (non-hydrogen) atoms. The number of nitrogens with zero attached hydrogens (tertiary/aromatic N) is 4. The lowest BCUT2D eigenvalue weighted by Gasteiger charge is -2.46. The molecule has 0 saturated carbocycles. The first kappa shape index (κ1) is 25.0. The second-order valence-corrected chi connectivity index (χ2v) is 10.3. The van der Waals surface area contributed by atoms with Crippen LogP contribution in [0.5, 0.6) is 0 Å². The van der Waals surface area contributed by atoms with E-state index in [0.29, 0.717) is 6.04 Å². The number of nitrogens with one attached hydrogen (secondary N) is 1. The second kappa shape index (κ2) is 12.0. The van der Waals surface area contributed by atoms with Gasteiger partial charge in [-0.3, -0.25) is 14.8 Å². The summed E-state index contributed by atoms with van der Waals surface area (Å²) < 4.78 is 6.09. The van der Waals surface area contributed by atoms with Crippen LogP contribution < -0.4 is 5.32 Å². The van der Waals surface area contributed by atoms with E-state index in [1.807, 2.05) is 19.5 Å². The molecule has 2 aliphatic heterocycles. The van der Waals surface area contributed by atoms with Crippen LogP contribution in [-0.4, -0.2) is 71.4 Å². The topological polar surface area (TPSA) is 43.9 Å². The highest BCUT2D eigenvalue weighted by atomic mass is 32.2. The lowest BCUT2D eigenvalue weighted by atomic mass is 10.0. The molecule has 2 aromatic carbocycles. The van der Waals surface area contributed by atoms with Crippen LogP contribution in [0.3, 0.4) is 0 Å². The quantitative estimate of drug-likeness (QED) is 0.439. The largest absolute Gasteiger partial charge is 0.353 e. The fourth-order valence-corrected chi connectivity index (χ4v) is 6.14. The standard InChI is InChI=1S/C29H35N5OS/c1-32-27(25-13-15-30-16-14-25)22-36-29(32)31-28(35-2)34-18-17-33(20-24-11-7-4-8-12-24)21-26(34)19-23-9-5-3-6-10-23/h3-16,22,26,28-29,31H,17-21H2,1-2H3/t26-,28?,29?/m0/s1. The Morgan fingerprint density at radius 2 is 1.67 bits per heavy atom. The molecular weight excluding hydrogens is 466 g/mol. The van der Waals surface area contributed by atoms with Crippen molar-refractivity contribution < 1.29 is 4.74 Å². The van der Waals surface area contributed by atoms with Gasteiger partial charge in [0.2, 0.25) is 0 Å². The Kier molecular flexibility index (Phi) is 8.36. The molecule has 7 heteroatoms. The predicted octanol–water partition coefficient (Wildman–Crippen LogP) is 4.29. The minimum Gasteiger partial charge on any atom is -0.353 e. The number of benzene rings is 2. The third kappa shape index (κ3) is 5.99. The highest BCUT2D eigenvalue weighted by Gasteiger charge is 2.35. The first-order valence-electron chi connectivity index (χ1n) is 12.5. The number of pyridine rings is 1. The fraction of sp³-hybridized carbons (Fsp3) is 0.345. The van der Waals surface area contributed by atoms with Crippen LogP contribution in [0.15, 0.2) is 90.6 Å². The Hall–Kier alpha value is -2.68. The van der Waals surface area contributed by atoms with Gasteiger partial charge in [0.25, 0.3) is 0 Å².